The Balaban J connectivity index is 2.29. The lowest BCUT2D eigenvalue weighted by molar-refractivity contribution is -0.00544. The topological polar surface area (TPSA) is 193 Å². The molecule has 2 rings (SSSR count). The number of phosphoric acid groups is 2. The van der Waals surface area contributed by atoms with E-state index in [0.717, 1.165) is 4.57 Å². The fraction of sp³-hybridized carbons (Fsp3) is 0.600. The minimum Gasteiger partial charge on any atom is -0.469 e. The summed E-state index contributed by atoms with van der Waals surface area (Å²) in [4.78, 5) is 42.8. The molecule has 0 saturated heterocycles. The first kappa shape index (κ1) is 25.9. The minimum atomic E-state index is -5.26. The molecule has 1 aromatic heterocycles. The van der Waals surface area contributed by atoms with Crippen molar-refractivity contribution in [3.63, 3.8) is 0 Å². The second kappa shape index (κ2) is 8.89. The number of hydrogen-bond donors (Lipinski definition) is 4. The van der Waals surface area contributed by atoms with Gasteiger partial charge in [0.1, 0.15) is 24.3 Å². The molecule has 1 aromatic rings. The van der Waals surface area contributed by atoms with Crippen molar-refractivity contribution >= 4 is 29.8 Å². The van der Waals surface area contributed by atoms with E-state index in [9.17, 15) is 18.8 Å². The van der Waals surface area contributed by atoms with Crippen molar-refractivity contribution in [2.45, 2.75) is 51.2 Å². The summed E-state index contributed by atoms with van der Waals surface area (Å²) in [5, 5.41) is -0.174. The Morgan fingerprint density at radius 3 is 2.42 bits per heavy atom. The zero-order chi connectivity index (χ0) is 23.8. The van der Waals surface area contributed by atoms with Gasteiger partial charge in [0, 0.05) is 6.20 Å². The predicted octanol–water partition coefficient (Wildman–Crippen LogP) is 1.85. The molecule has 1 aliphatic heterocycles. The van der Waals surface area contributed by atoms with Crippen molar-refractivity contribution in [1.29, 1.82) is 0 Å². The maximum Gasteiger partial charge on any atom is 0.481 e. The summed E-state index contributed by atoms with van der Waals surface area (Å²) in [6.45, 7) is 9.39. The number of nitrogen functional groups attached to an aromatic ring is 1. The Bertz CT molecular complexity index is 999. The molecule has 31 heavy (non-hydrogen) atoms. The fourth-order valence-corrected chi connectivity index (χ4v) is 5.13. The standard InChI is InChI=1S/C15H27N3O10P2Si/c1-15(2,3)31(4,5)27-11-8-10(9-25-30(23,24)28-29(20,21)22)26-13(11)18-7-6-12(16)17-14(18)19/h6-8,11,13H,9H2,1-5H3,(H,23,24)(H2,16,17,19)(H2,20,21,22)/t11-,13-/m1/s1. The predicted molar refractivity (Wildman–Crippen MR) is 112 cm³/mol. The number of nitrogens with two attached hydrogens (primary N) is 1. The molecule has 176 valence electrons. The van der Waals surface area contributed by atoms with Gasteiger partial charge in [0.2, 0.25) is 6.23 Å². The lowest BCUT2D eigenvalue weighted by Gasteiger charge is -2.39. The molecule has 0 saturated carbocycles. The molecule has 0 radical (unpaired) electrons. The quantitative estimate of drug-likeness (QED) is 0.300. The van der Waals surface area contributed by atoms with E-state index in [0.29, 0.717) is 0 Å². The van der Waals surface area contributed by atoms with Crippen LogP contribution in [0.2, 0.25) is 18.1 Å². The lowest BCUT2D eigenvalue weighted by Crippen LogP contribution is -2.46. The van der Waals surface area contributed by atoms with Gasteiger partial charge < -0.3 is 29.6 Å². The number of phosphoric ester groups is 1. The zero-order valence-corrected chi connectivity index (χ0v) is 20.4. The Morgan fingerprint density at radius 2 is 1.90 bits per heavy atom. The highest BCUT2D eigenvalue weighted by molar-refractivity contribution is 7.60. The number of hydrogen-bond acceptors (Lipinski definition) is 9. The number of rotatable bonds is 8. The van der Waals surface area contributed by atoms with E-state index in [1.807, 2.05) is 33.9 Å². The van der Waals surface area contributed by atoms with E-state index < -0.39 is 48.6 Å². The lowest BCUT2D eigenvalue weighted by atomic mass is 10.2. The molecule has 1 aliphatic rings. The van der Waals surface area contributed by atoms with Crippen molar-refractivity contribution in [3.8, 4) is 0 Å². The summed E-state index contributed by atoms with van der Waals surface area (Å²) in [6.07, 6.45) is 1.06. The van der Waals surface area contributed by atoms with E-state index in [-0.39, 0.29) is 16.6 Å². The summed E-state index contributed by atoms with van der Waals surface area (Å²) in [6, 6.07) is 1.40. The third-order valence-corrected chi connectivity index (χ3v) is 11.5. The first-order chi connectivity index (χ1) is 13.9. The summed E-state index contributed by atoms with van der Waals surface area (Å²) in [7, 11) is -12.7. The van der Waals surface area contributed by atoms with Gasteiger partial charge in [-0.05, 0) is 30.3 Å². The van der Waals surface area contributed by atoms with Crippen molar-refractivity contribution in [2.24, 2.45) is 0 Å². The van der Waals surface area contributed by atoms with E-state index >= 15 is 0 Å². The maximum absolute atomic E-state index is 12.3. The van der Waals surface area contributed by atoms with Crippen LogP contribution in [-0.4, -0.2) is 45.3 Å². The van der Waals surface area contributed by atoms with Gasteiger partial charge in [-0.2, -0.15) is 9.29 Å². The normalized spacial score (nSPS) is 22.0. The van der Waals surface area contributed by atoms with Crippen LogP contribution in [0, 0.1) is 0 Å². The van der Waals surface area contributed by atoms with Gasteiger partial charge >= 0.3 is 21.3 Å². The molecular formula is C15H27N3O10P2Si. The average Bonchev–Trinajstić information content (AvgIpc) is 2.92. The molecule has 0 aliphatic carbocycles. The average molecular weight is 499 g/mol. The molecule has 0 amide bonds. The van der Waals surface area contributed by atoms with Crippen molar-refractivity contribution in [1.82, 2.24) is 9.55 Å². The van der Waals surface area contributed by atoms with Gasteiger partial charge in [0.15, 0.2) is 8.32 Å². The summed E-state index contributed by atoms with van der Waals surface area (Å²) in [5.74, 6) is 0.0226. The van der Waals surface area contributed by atoms with Gasteiger partial charge in [-0.1, -0.05) is 20.8 Å². The maximum atomic E-state index is 12.3. The molecule has 0 spiro atoms. The van der Waals surface area contributed by atoms with Crippen LogP contribution >= 0.6 is 15.6 Å². The van der Waals surface area contributed by atoms with Crippen LogP contribution in [0.5, 0.6) is 0 Å². The molecule has 0 aromatic carbocycles. The van der Waals surface area contributed by atoms with Gasteiger partial charge in [-0.25, -0.2) is 13.9 Å². The van der Waals surface area contributed by atoms with Crippen LogP contribution in [0.3, 0.4) is 0 Å². The molecule has 3 atom stereocenters. The zero-order valence-electron chi connectivity index (χ0n) is 17.7. The smallest absolute Gasteiger partial charge is 0.469 e. The molecule has 5 N–H and O–H groups in total. The highest BCUT2D eigenvalue weighted by Crippen LogP contribution is 2.57. The Labute approximate surface area is 179 Å². The third kappa shape index (κ3) is 7.07. The second-order valence-electron chi connectivity index (χ2n) is 8.34. The number of aromatic nitrogens is 2. The Kier molecular flexibility index (Phi) is 7.43. The van der Waals surface area contributed by atoms with E-state index in [2.05, 4.69) is 13.8 Å². The minimum absolute atomic E-state index is 0.000945. The number of anilines is 1. The molecule has 0 fully saturated rings. The van der Waals surface area contributed by atoms with Gasteiger partial charge in [-0.3, -0.25) is 9.09 Å². The van der Waals surface area contributed by atoms with Crippen LogP contribution in [0.4, 0.5) is 5.82 Å². The van der Waals surface area contributed by atoms with Crippen molar-refractivity contribution < 1.29 is 41.8 Å². The molecule has 0 bridgehead atoms. The Hall–Kier alpha value is -1.34. The summed E-state index contributed by atoms with van der Waals surface area (Å²) < 4.78 is 44.0. The molecular weight excluding hydrogens is 472 g/mol. The third-order valence-electron chi connectivity index (χ3n) is 4.85. The summed E-state index contributed by atoms with van der Waals surface area (Å²) in [5.41, 5.74) is 4.84. The monoisotopic (exact) mass is 499 g/mol. The van der Waals surface area contributed by atoms with Gasteiger partial charge in [0.25, 0.3) is 0 Å². The van der Waals surface area contributed by atoms with Crippen molar-refractivity contribution in [3.05, 3.63) is 34.6 Å². The van der Waals surface area contributed by atoms with Crippen LogP contribution in [-0.2, 0) is 27.1 Å². The van der Waals surface area contributed by atoms with Gasteiger partial charge in [-0.15, -0.1) is 0 Å². The molecule has 2 heterocycles. The van der Waals surface area contributed by atoms with E-state index in [1.54, 1.807) is 0 Å². The van der Waals surface area contributed by atoms with E-state index in [4.69, 9.17) is 24.7 Å². The van der Waals surface area contributed by atoms with E-state index in [1.165, 1.54) is 18.3 Å². The van der Waals surface area contributed by atoms with Crippen molar-refractivity contribution in [2.75, 3.05) is 12.3 Å². The highest BCUT2D eigenvalue weighted by Gasteiger charge is 2.44. The van der Waals surface area contributed by atoms with Crippen LogP contribution < -0.4 is 11.4 Å². The first-order valence-corrected chi connectivity index (χ1v) is 15.0. The number of nitrogens with zero attached hydrogens (tertiary/aromatic N) is 2. The van der Waals surface area contributed by atoms with Crippen LogP contribution in [0.15, 0.2) is 28.9 Å². The van der Waals surface area contributed by atoms with Gasteiger partial charge in [0.05, 0.1) is 0 Å². The van der Waals surface area contributed by atoms with Crippen LogP contribution in [0.25, 0.3) is 0 Å². The number of ether oxygens (including phenoxy) is 1. The SMILES string of the molecule is CC(C)(C)[Si](C)(C)O[C@@H]1C=C(COP(=O)(O)OP(=O)(O)O)O[C@H]1n1ccc(N)nc1=O. The molecule has 13 nitrogen and oxygen atoms in total. The van der Waals surface area contributed by atoms with Crippen LogP contribution in [0.1, 0.15) is 27.0 Å². The first-order valence-electron chi connectivity index (χ1n) is 9.04. The highest BCUT2D eigenvalue weighted by atomic mass is 31.3. The Morgan fingerprint density at radius 1 is 1.29 bits per heavy atom. The fourth-order valence-electron chi connectivity index (χ4n) is 2.36. The molecule has 1 unspecified atom stereocenters. The molecule has 16 heteroatoms. The summed E-state index contributed by atoms with van der Waals surface area (Å²) >= 11 is 0. The second-order valence-corrected chi connectivity index (χ2v) is 15.9. The largest absolute Gasteiger partial charge is 0.481 e.